The number of rotatable bonds is 10. The Balaban J connectivity index is 2.17. The van der Waals surface area contributed by atoms with Crippen molar-refractivity contribution in [3.63, 3.8) is 0 Å². The van der Waals surface area contributed by atoms with E-state index in [1.54, 1.807) is 51.3 Å². The molecule has 0 aromatic heterocycles. The van der Waals surface area contributed by atoms with Gasteiger partial charge in [0.15, 0.2) is 11.5 Å². The first-order valence-electron chi connectivity index (χ1n) is 11.9. The number of aromatic hydroxyl groups is 1. The average Bonchev–Trinajstić information content (AvgIpc) is 3.10. The third kappa shape index (κ3) is 5.27. The Morgan fingerprint density at radius 3 is 2.40 bits per heavy atom. The number of methoxy groups -OCH3 is 1. The van der Waals surface area contributed by atoms with Crippen molar-refractivity contribution in [3.8, 4) is 17.2 Å². The van der Waals surface area contributed by atoms with E-state index in [1.807, 2.05) is 13.8 Å². The van der Waals surface area contributed by atoms with Gasteiger partial charge in [-0.1, -0.05) is 19.9 Å². The number of ether oxygens (including phenoxy) is 2. The number of aryl methyl sites for hydroxylation is 1. The van der Waals surface area contributed by atoms with Crippen molar-refractivity contribution >= 4 is 17.4 Å². The fourth-order valence-electron chi connectivity index (χ4n) is 4.39. The Labute approximate surface area is 206 Å². The summed E-state index contributed by atoms with van der Waals surface area (Å²) in [7, 11) is 1.55. The van der Waals surface area contributed by atoms with E-state index in [2.05, 4.69) is 4.90 Å². The van der Waals surface area contributed by atoms with E-state index in [0.717, 1.165) is 13.1 Å². The highest BCUT2D eigenvalue weighted by Crippen LogP contribution is 2.42. The van der Waals surface area contributed by atoms with Gasteiger partial charge < -0.3 is 29.5 Å². The van der Waals surface area contributed by atoms with E-state index < -0.39 is 17.7 Å². The molecule has 0 aliphatic carbocycles. The summed E-state index contributed by atoms with van der Waals surface area (Å²) in [4.78, 5) is 30.1. The number of likely N-dealkylation sites (tertiary alicyclic amines) is 1. The van der Waals surface area contributed by atoms with Crippen LogP contribution in [-0.4, -0.2) is 71.6 Å². The third-order valence-electron chi connectivity index (χ3n) is 6.38. The Morgan fingerprint density at radius 2 is 1.80 bits per heavy atom. The number of ketones is 1. The number of nitrogens with zero attached hydrogens (tertiary/aromatic N) is 2. The van der Waals surface area contributed by atoms with Gasteiger partial charge in [-0.3, -0.25) is 9.59 Å². The second-order valence-electron chi connectivity index (χ2n) is 8.36. The molecular weight excluding hydrogens is 448 g/mol. The maximum Gasteiger partial charge on any atom is 0.295 e. The molecule has 3 rings (SSSR count). The monoisotopic (exact) mass is 482 g/mol. The zero-order valence-electron chi connectivity index (χ0n) is 21.0. The third-order valence-corrected chi connectivity index (χ3v) is 6.38. The number of Topliss-reactive ketones (excluding diaryl/α,β-unsaturated/α-hetero) is 1. The number of likely N-dealkylation sites (N-methyl/N-ethyl adjacent to an activating group) is 1. The van der Waals surface area contributed by atoms with Crippen LogP contribution in [-0.2, 0) is 9.59 Å². The molecule has 1 aliphatic heterocycles. The Hall–Kier alpha value is -3.52. The van der Waals surface area contributed by atoms with Crippen LogP contribution in [0.15, 0.2) is 42.0 Å². The SMILES string of the molecule is CCOc1cc(C2/C(=C(/O)c3ccc(OC)cc3C)C(=O)C(=O)N2CCN(CC)CC)ccc1O. The van der Waals surface area contributed by atoms with Crippen molar-refractivity contribution in [3.05, 3.63) is 58.7 Å². The van der Waals surface area contributed by atoms with Gasteiger partial charge in [-0.2, -0.15) is 0 Å². The molecule has 1 fully saturated rings. The summed E-state index contributed by atoms with van der Waals surface area (Å²) >= 11 is 0. The summed E-state index contributed by atoms with van der Waals surface area (Å²) in [6, 6.07) is 9.04. The molecule has 1 amide bonds. The molecule has 0 saturated carbocycles. The van der Waals surface area contributed by atoms with Gasteiger partial charge in [0.05, 0.1) is 25.3 Å². The Bertz CT molecular complexity index is 1120. The van der Waals surface area contributed by atoms with Crippen molar-refractivity contribution in [1.29, 1.82) is 0 Å². The van der Waals surface area contributed by atoms with Crippen molar-refractivity contribution in [2.75, 3.05) is 39.9 Å². The summed E-state index contributed by atoms with van der Waals surface area (Å²) in [5.74, 6) is -0.823. The first-order chi connectivity index (χ1) is 16.8. The predicted octanol–water partition coefficient (Wildman–Crippen LogP) is 3.87. The number of hydrogen-bond donors (Lipinski definition) is 2. The molecule has 2 aromatic carbocycles. The van der Waals surface area contributed by atoms with Crippen LogP contribution < -0.4 is 9.47 Å². The molecule has 0 bridgehead atoms. The lowest BCUT2D eigenvalue weighted by Gasteiger charge is -2.28. The topological polar surface area (TPSA) is 99.5 Å². The molecule has 35 heavy (non-hydrogen) atoms. The van der Waals surface area contributed by atoms with Gasteiger partial charge >= 0.3 is 0 Å². The number of phenolic OH excluding ortho intramolecular Hbond substituents is 1. The van der Waals surface area contributed by atoms with Crippen molar-refractivity contribution in [2.24, 2.45) is 0 Å². The van der Waals surface area contributed by atoms with Crippen LogP contribution in [0, 0.1) is 6.92 Å². The molecule has 1 aliphatic rings. The first kappa shape index (κ1) is 26.1. The number of aliphatic hydroxyl groups is 1. The lowest BCUT2D eigenvalue weighted by Crippen LogP contribution is -2.38. The van der Waals surface area contributed by atoms with Crippen molar-refractivity contribution in [2.45, 2.75) is 33.7 Å². The summed E-state index contributed by atoms with van der Waals surface area (Å²) in [5.41, 5.74) is 1.73. The quantitative estimate of drug-likeness (QED) is 0.301. The smallest absolute Gasteiger partial charge is 0.295 e. The number of carbonyl (C=O) groups excluding carboxylic acids is 2. The highest BCUT2D eigenvalue weighted by atomic mass is 16.5. The van der Waals surface area contributed by atoms with Crippen molar-refractivity contribution < 1.29 is 29.3 Å². The summed E-state index contributed by atoms with van der Waals surface area (Å²) in [6.07, 6.45) is 0. The standard InChI is InChI=1S/C27H34N2O6/c1-6-28(7-2)13-14-29-24(18-9-12-21(30)22(16-18)35-8-3)23(26(32)27(29)33)25(31)20-11-10-19(34-5)15-17(20)4/h9-12,15-16,24,30-31H,6-8,13-14H2,1-5H3/b25-23-. The summed E-state index contributed by atoms with van der Waals surface area (Å²) in [5, 5.41) is 21.6. The molecule has 1 unspecified atom stereocenters. The number of hydrogen-bond acceptors (Lipinski definition) is 7. The van der Waals surface area contributed by atoms with Gasteiger partial charge in [0.2, 0.25) is 0 Å². The second-order valence-corrected chi connectivity index (χ2v) is 8.36. The van der Waals surface area contributed by atoms with E-state index in [1.165, 1.54) is 11.0 Å². The van der Waals surface area contributed by atoms with Crippen molar-refractivity contribution in [1.82, 2.24) is 9.80 Å². The number of aliphatic hydroxyl groups excluding tert-OH is 1. The molecular formula is C27H34N2O6. The molecule has 1 atom stereocenters. The zero-order valence-corrected chi connectivity index (χ0v) is 21.0. The average molecular weight is 483 g/mol. The van der Waals surface area contributed by atoms with Gasteiger partial charge in [0.1, 0.15) is 11.5 Å². The maximum atomic E-state index is 13.3. The van der Waals surface area contributed by atoms with E-state index in [4.69, 9.17) is 9.47 Å². The first-order valence-corrected chi connectivity index (χ1v) is 11.9. The molecule has 8 nitrogen and oxygen atoms in total. The second kappa shape index (κ2) is 11.3. The lowest BCUT2D eigenvalue weighted by atomic mass is 9.93. The Morgan fingerprint density at radius 1 is 1.09 bits per heavy atom. The van der Waals surface area contributed by atoms with E-state index in [0.29, 0.717) is 42.1 Å². The fourth-order valence-corrected chi connectivity index (χ4v) is 4.39. The van der Waals surface area contributed by atoms with Gasteiger partial charge in [-0.05, 0) is 68.4 Å². The van der Waals surface area contributed by atoms with Gasteiger partial charge in [0, 0.05) is 18.7 Å². The van der Waals surface area contributed by atoms with E-state index >= 15 is 0 Å². The minimum atomic E-state index is -0.827. The number of phenols is 1. The normalized spacial score (nSPS) is 17.3. The van der Waals surface area contributed by atoms with Gasteiger partial charge in [-0.15, -0.1) is 0 Å². The number of amides is 1. The van der Waals surface area contributed by atoms with Crippen LogP contribution in [0.1, 0.15) is 43.5 Å². The van der Waals surface area contributed by atoms with Crippen LogP contribution >= 0.6 is 0 Å². The van der Waals surface area contributed by atoms with Crippen LogP contribution in [0.3, 0.4) is 0 Å². The molecule has 2 N–H and O–H groups in total. The molecule has 1 heterocycles. The van der Waals surface area contributed by atoms with Crippen LogP contribution in [0.5, 0.6) is 17.2 Å². The van der Waals surface area contributed by atoms with Gasteiger partial charge in [0.25, 0.3) is 11.7 Å². The molecule has 0 spiro atoms. The molecule has 188 valence electrons. The van der Waals surface area contributed by atoms with E-state index in [-0.39, 0.29) is 22.8 Å². The highest BCUT2D eigenvalue weighted by Gasteiger charge is 2.46. The predicted molar refractivity (Wildman–Crippen MR) is 134 cm³/mol. The van der Waals surface area contributed by atoms with Crippen LogP contribution in [0.2, 0.25) is 0 Å². The summed E-state index contributed by atoms with van der Waals surface area (Å²) < 4.78 is 10.8. The Kier molecular flexibility index (Phi) is 8.40. The largest absolute Gasteiger partial charge is 0.507 e. The van der Waals surface area contributed by atoms with E-state index in [9.17, 15) is 19.8 Å². The zero-order chi connectivity index (χ0) is 25.7. The minimum Gasteiger partial charge on any atom is -0.507 e. The molecule has 2 aromatic rings. The molecule has 0 radical (unpaired) electrons. The highest BCUT2D eigenvalue weighted by molar-refractivity contribution is 6.46. The number of benzene rings is 2. The van der Waals surface area contributed by atoms with Crippen LogP contribution in [0.25, 0.3) is 5.76 Å². The fraction of sp³-hybridized carbons (Fsp3) is 0.407. The molecule has 8 heteroatoms. The molecule has 1 saturated heterocycles. The summed E-state index contributed by atoms with van der Waals surface area (Å²) in [6.45, 7) is 10.5. The minimum absolute atomic E-state index is 0.0101. The number of carbonyl (C=O) groups is 2. The van der Waals surface area contributed by atoms with Crippen LogP contribution in [0.4, 0.5) is 0 Å². The lowest BCUT2D eigenvalue weighted by molar-refractivity contribution is -0.140. The van der Waals surface area contributed by atoms with Gasteiger partial charge in [-0.25, -0.2) is 0 Å². The maximum absolute atomic E-state index is 13.3.